The minimum atomic E-state index is -0.0364. The first kappa shape index (κ1) is 15.8. The highest BCUT2D eigenvalue weighted by Crippen LogP contribution is 2.22. The second-order valence-corrected chi connectivity index (χ2v) is 5.59. The van der Waals surface area contributed by atoms with Crippen LogP contribution < -0.4 is 4.74 Å². The summed E-state index contributed by atoms with van der Waals surface area (Å²) in [6.07, 6.45) is 3.34. The van der Waals surface area contributed by atoms with Gasteiger partial charge in [0.05, 0.1) is 13.0 Å². The van der Waals surface area contributed by atoms with E-state index in [1.807, 2.05) is 30.3 Å². The van der Waals surface area contributed by atoms with Crippen LogP contribution in [0.4, 0.5) is 0 Å². The number of carbonyl (C=O) groups is 1. The highest BCUT2D eigenvalue weighted by Gasteiger charge is 2.03. The highest BCUT2D eigenvalue weighted by atomic mass is 79.9. The number of allylic oxidation sites excluding steroid dienone is 1. The molecule has 2 aromatic carbocycles. The second-order valence-electron chi connectivity index (χ2n) is 4.41. The minimum absolute atomic E-state index is 0.0364. The van der Waals surface area contributed by atoms with Gasteiger partial charge >= 0.3 is 0 Å². The average Bonchev–Trinajstić information content (AvgIpc) is 2.52. The maximum Gasteiger partial charge on any atom is 0.185 e. The van der Waals surface area contributed by atoms with Crippen LogP contribution in [0, 0.1) is 0 Å². The molecule has 4 heteroatoms. The second kappa shape index (κ2) is 7.43. The van der Waals surface area contributed by atoms with Gasteiger partial charge in [-0.1, -0.05) is 28.1 Å². The van der Waals surface area contributed by atoms with Crippen molar-refractivity contribution in [3.63, 3.8) is 0 Å². The largest absolute Gasteiger partial charge is 0.496 e. The Morgan fingerprint density at radius 2 is 1.95 bits per heavy atom. The summed E-state index contributed by atoms with van der Waals surface area (Å²) >= 11 is 9.23. The van der Waals surface area contributed by atoms with Gasteiger partial charge in [-0.2, -0.15) is 0 Å². The molecule has 0 spiro atoms. The third-order valence-corrected chi connectivity index (χ3v) is 3.82. The lowest BCUT2D eigenvalue weighted by Gasteiger charge is -2.06. The Morgan fingerprint density at radius 1 is 1.24 bits per heavy atom. The number of ether oxygens (including phenoxy) is 1. The molecule has 108 valence electrons. The van der Waals surface area contributed by atoms with Gasteiger partial charge in [-0.05, 0) is 48.0 Å². The predicted molar refractivity (Wildman–Crippen MR) is 90.1 cm³/mol. The van der Waals surface area contributed by atoms with Crippen LogP contribution >= 0.6 is 27.5 Å². The van der Waals surface area contributed by atoms with Gasteiger partial charge in [0.2, 0.25) is 0 Å². The molecule has 0 amide bonds. The van der Waals surface area contributed by atoms with E-state index in [9.17, 15) is 4.79 Å². The van der Waals surface area contributed by atoms with Gasteiger partial charge < -0.3 is 4.74 Å². The van der Waals surface area contributed by atoms with Crippen LogP contribution in [0.3, 0.4) is 0 Å². The Bertz CT molecular complexity index is 663. The molecule has 0 saturated carbocycles. The van der Waals surface area contributed by atoms with Crippen molar-refractivity contribution in [2.75, 3.05) is 7.11 Å². The van der Waals surface area contributed by atoms with E-state index < -0.39 is 0 Å². The van der Waals surface area contributed by atoms with Gasteiger partial charge in [0, 0.05) is 15.6 Å². The lowest BCUT2D eigenvalue weighted by atomic mass is 10.1. The standard InChI is InChI=1S/C17H14BrClO2/c1-21-17-9-3-12(10-14(17)11-19)2-8-16(20)13-4-6-15(18)7-5-13/h2-10H,11H2,1H3/b8-2+. The quantitative estimate of drug-likeness (QED) is 0.419. The third kappa shape index (κ3) is 4.19. The fourth-order valence-corrected chi connectivity index (χ4v) is 2.36. The molecule has 0 heterocycles. The molecule has 0 atom stereocenters. The first-order chi connectivity index (χ1) is 10.1. The van der Waals surface area contributed by atoms with Crippen LogP contribution in [-0.4, -0.2) is 12.9 Å². The van der Waals surface area contributed by atoms with Gasteiger partial charge in [0.15, 0.2) is 5.78 Å². The van der Waals surface area contributed by atoms with Gasteiger partial charge in [0.25, 0.3) is 0 Å². The number of hydrogen-bond donors (Lipinski definition) is 0. The van der Waals surface area contributed by atoms with Crippen LogP contribution in [0.15, 0.2) is 53.0 Å². The Hall–Kier alpha value is -1.58. The summed E-state index contributed by atoms with van der Waals surface area (Å²) in [6, 6.07) is 12.9. The van der Waals surface area contributed by atoms with Crippen LogP contribution in [0.25, 0.3) is 6.08 Å². The highest BCUT2D eigenvalue weighted by molar-refractivity contribution is 9.10. The zero-order valence-electron chi connectivity index (χ0n) is 11.5. The molecular formula is C17H14BrClO2. The number of hydrogen-bond acceptors (Lipinski definition) is 2. The van der Waals surface area contributed by atoms with Gasteiger partial charge in [-0.3, -0.25) is 4.79 Å². The van der Waals surface area contributed by atoms with E-state index in [2.05, 4.69) is 15.9 Å². The zero-order chi connectivity index (χ0) is 15.2. The molecule has 0 N–H and O–H groups in total. The molecule has 0 aliphatic carbocycles. The number of carbonyl (C=O) groups excluding carboxylic acids is 1. The first-order valence-corrected chi connectivity index (χ1v) is 7.67. The van der Waals surface area contributed by atoms with Gasteiger partial charge in [-0.15, -0.1) is 11.6 Å². The van der Waals surface area contributed by atoms with Gasteiger partial charge in [0.1, 0.15) is 5.75 Å². The van der Waals surface area contributed by atoms with E-state index in [4.69, 9.17) is 16.3 Å². The normalized spacial score (nSPS) is 10.8. The van der Waals surface area contributed by atoms with E-state index in [0.29, 0.717) is 11.4 Å². The minimum Gasteiger partial charge on any atom is -0.496 e. The predicted octanol–water partition coefficient (Wildman–Crippen LogP) is 5.09. The van der Waals surface area contributed by atoms with E-state index in [-0.39, 0.29) is 5.78 Å². The number of halogens is 2. The fraction of sp³-hybridized carbons (Fsp3) is 0.118. The summed E-state index contributed by atoms with van der Waals surface area (Å²) in [6.45, 7) is 0. The summed E-state index contributed by atoms with van der Waals surface area (Å²) < 4.78 is 6.17. The Morgan fingerprint density at radius 3 is 2.57 bits per heavy atom. The molecule has 0 radical (unpaired) electrons. The molecule has 0 unspecified atom stereocenters. The van der Waals surface area contributed by atoms with Crippen LogP contribution in [-0.2, 0) is 5.88 Å². The monoisotopic (exact) mass is 364 g/mol. The SMILES string of the molecule is COc1ccc(/C=C/C(=O)c2ccc(Br)cc2)cc1CCl. The maximum absolute atomic E-state index is 12.1. The van der Waals surface area contributed by atoms with Crippen molar-refractivity contribution in [3.8, 4) is 5.75 Å². The molecule has 0 fully saturated rings. The number of alkyl halides is 1. The molecule has 2 aromatic rings. The van der Waals surface area contributed by atoms with E-state index in [1.54, 1.807) is 31.4 Å². The molecule has 2 rings (SSSR count). The molecule has 0 bridgehead atoms. The number of ketones is 1. The third-order valence-electron chi connectivity index (χ3n) is 3.00. The smallest absolute Gasteiger partial charge is 0.185 e. The number of rotatable bonds is 5. The van der Waals surface area contributed by atoms with Crippen molar-refractivity contribution in [1.82, 2.24) is 0 Å². The molecule has 0 saturated heterocycles. The molecule has 2 nitrogen and oxygen atoms in total. The summed E-state index contributed by atoms with van der Waals surface area (Å²) in [5.74, 6) is 1.08. The van der Waals surface area contributed by atoms with E-state index >= 15 is 0 Å². The van der Waals surface area contributed by atoms with Crippen LogP contribution in [0.1, 0.15) is 21.5 Å². The van der Waals surface area contributed by atoms with Crippen molar-refractivity contribution >= 4 is 39.4 Å². The van der Waals surface area contributed by atoms with Crippen molar-refractivity contribution in [3.05, 3.63) is 69.7 Å². The molecule has 0 aromatic heterocycles. The van der Waals surface area contributed by atoms with Crippen molar-refractivity contribution in [2.45, 2.75) is 5.88 Å². The Balaban J connectivity index is 2.17. The molecule has 0 aliphatic heterocycles. The summed E-state index contributed by atoms with van der Waals surface area (Å²) in [5, 5.41) is 0. The van der Waals surface area contributed by atoms with Crippen LogP contribution in [0.2, 0.25) is 0 Å². The number of methoxy groups -OCH3 is 1. The van der Waals surface area contributed by atoms with Crippen molar-refractivity contribution < 1.29 is 9.53 Å². The van der Waals surface area contributed by atoms with Crippen molar-refractivity contribution in [2.24, 2.45) is 0 Å². The summed E-state index contributed by atoms with van der Waals surface area (Å²) in [7, 11) is 1.61. The Kier molecular flexibility index (Phi) is 5.59. The molecule has 0 aliphatic rings. The molecular weight excluding hydrogens is 352 g/mol. The summed E-state index contributed by atoms with van der Waals surface area (Å²) in [5.41, 5.74) is 2.47. The van der Waals surface area contributed by atoms with Gasteiger partial charge in [-0.25, -0.2) is 0 Å². The maximum atomic E-state index is 12.1. The fourth-order valence-electron chi connectivity index (χ4n) is 1.89. The van der Waals surface area contributed by atoms with E-state index in [1.165, 1.54) is 0 Å². The molecule has 21 heavy (non-hydrogen) atoms. The van der Waals surface area contributed by atoms with Crippen LogP contribution in [0.5, 0.6) is 5.75 Å². The number of benzene rings is 2. The average molecular weight is 366 g/mol. The first-order valence-electron chi connectivity index (χ1n) is 6.35. The van der Waals surface area contributed by atoms with E-state index in [0.717, 1.165) is 21.3 Å². The lowest BCUT2D eigenvalue weighted by Crippen LogP contribution is -1.93. The Labute approximate surface area is 137 Å². The topological polar surface area (TPSA) is 26.3 Å². The summed E-state index contributed by atoms with van der Waals surface area (Å²) in [4.78, 5) is 12.1. The lowest BCUT2D eigenvalue weighted by molar-refractivity contribution is 0.104. The zero-order valence-corrected chi connectivity index (χ0v) is 13.8. The van der Waals surface area contributed by atoms with Crippen molar-refractivity contribution in [1.29, 1.82) is 0 Å².